The number of carbonyl (C=O) groups is 2. The lowest BCUT2D eigenvalue weighted by Crippen LogP contribution is -2.09. The van der Waals surface area contributed by atoms with E-state index in [0.29, 0.717) is 5.56 Å². The van der Waals surface area contributed by atoms with Gasteiger partial charge < -0.3 is 15.9 Å². The van der Waals surface area contributed by atoms with E-state index in [4.69, 9.17) is 15.9 Å². The summed E-state index contributed by atoms with van der Waals surface area (Å²) in [4.78, 5) is 25.8. The number of carboxylic acid groups (broad SMARTS) is 2. The Kier molecular flexibility index (Phi) is 3.47. The Hall–Kier alpha value is -2.37. The number of rotatable bonds is 3. The predicted octanol–water partition coefficient (Wildman–Crippen LogP) is 1.40. The van der Waals surface area contributed by atoms with Crippen LogP contribution in [0, 0.1) is 6.92 Å². The average molecular weight is 236 g/mol. The molecule has 0 saturated carbocycles. The fourth-order valence-electron chi connectivity index (χ4n) is 1.40. The zero-order valence-electron chi connectivity index (χ0n) is 9.39. The zero-order valence-corrected chi connectivity index (χ0v) is 9.39. The van der Waals surface area contributed by atoms with E-state index in [-0.39, 0.29) is 22.6 Å². The molecule has 0 bridgehead atoms. The maximum absolute atomic E-state index is 11.0. The van der Waals surface area contributed by atoms with E-state index < -0.39 is 11.9 Å². The minimum atomic E-state index is -1.24. The third-order valence-corrected chi connectivity index (χ3v) is 2.00. The number of nitrogens with two attached hydrogens (primary N) is 1. The highest BCUT2D eigenvalue weighted by atomic mass is 16.4. The van der Waals surface area contributed by atoms with E-state index >= 15 is 0 Å². The van der Waals surface area contributed by atoms with Gasteiger partial charge in [0.05, 0.1) is 22.6 Å². The van der Waals surface area contributed by atoms with Gasteiger partial charge in [-0.25, -0.2) is 14.6 Å². The molecule has 1 aromatic rings. The van der Waals surface area contributed by atoms with E-state index in [0.717, 1.165) is 0 Å². The maximum Gasteiger partial charge on any atom is 0.337 e. The van der Waals surface area contributed by atoms with Crippen molar-refractivity contribution in [2.45, 2.75) is 13.8 Å². The van der Waals surface area contributed by atoms with E-state index in [9.17, 15) is 9.59 Å². The molecule has 0 radical (unpaired) electrons. The lowest BCUT2D eigenvalue weighted by atomic mass is 10.0. The van der Waals surface area contributed by atoms with Gasteiger partial charge in [-0.05, 0) is 31.5 Å². The minimum absolute atomic E-state index is 0.0962. The molecule has 0 atom stereocenters. The molecule has 17 heavy (non-hydrogen) atoms. The number of aliphatic imine (C=N–C) groups is 1. The summed E-state index contributed by atoms with van der Waals surface area (Å²) >= 11 is 0. The highest BCUT2D eigenvalue weighted by Gasteiger charge is 2.19. The number of amidine groups is 1. The Morgan fingerprint density at radius 2 is 1.59 bits per heavy atom. The monoisotopic (exact) mass is 236 g/mol. The van der Waals surface area contributed by atoms with Crippen molar-refractivity contribution in [1.82, 2.24) is 0 Å². The Bertz CT molecular complexity index is 481. The third kappa shape index (κ3) is 2.81. The van der Waals surface area contributed by atoms with Crippen LogP contribution in [-0.2, 0) is 0 Å². The largest absolute Gasteiger partial charge is 0.478 e. The molecule has 0 saturated heterocycles. The Balaban J connectivity index is 3.65. The molecule has 6 heteroatoms. The Morgan fingerprint density at radius 3 is 1.88 bits per heavy atom. The van der Waals surface area contributed by atoms with Gasteiger partial charge in [0, 0.05) is 0 Å². The average Bonchev–Trinajstić information content (AvgIpc) is 2.18. The van der Waals surface area contributed by atoms with Crippen molar-refractivity contribution in [1.29, 1.82) is 0 Å². The summed E-state index contributed by atoms with van der Waals surface area (Å²) in [5.41, 5.74) is 5.42. The zero-order chi connectivity index (χ0) is 13.2. The second-order valence-electron chi connectivity index (χ2n) is 3.57. The van der Waals surface area contributed by atoms with E-state index in [2.05, 4.69) is 4.99 Å². The first kappa shape index (κ1) is 12.7. The number of nitrogens with zero attached hydrogens (tertiary/aromatic N) is 1. The van der Waals surface area contributed by atoms with E-state index in [1.54, 1.807) is 6.92 Å². The summed E-state index contributed by atoms with van der Waals surface area (Å²) in [5, 5.41) is 18.0. The number of aromatic carboxylic acids is 2. The number of carboxylic acids is 2. The van der Waals surface area contributed by atoms with Crippen LogP contribution < -0.4 is 5.73 Å². The number of hydrogen-bond donors (Lipinski definition) is 3. The molecule has 0 aliphatic carbocycles. The molecule has 90 valence electrons. The van der Waals surface area contributed by atoms with Crippen LogP contribution in [0.5, 0.6) is 0 Å². The molecule has 0 aliphatic rings. The molecule has 0 amide bonds. The van der Waals surface area contributed by atoms with Gasteiger partial charge in [0.2, 0.25) is 0 Å². The van der Waals surface area contributed by atoms with Gasteiger partial charge in [0.1, 0.15) is 0 Å². The molecular formula is C11H12N2O4. The smallest absolute Gasteiger partial charge is 0.337 e. The third-order valence-electron chi connectivity index (χ3n) is 2.00. The fourth-order valence-corrected chi connectivity index (χ4v) is 1.40. The van der Waals surface area contributed by atoms with Crippen molar-refractivity contribution in [3.8, 4) is 0 Å². The normalized spacial score (nSPS) is 11.3. The molecule has 0 fully saturated rings. The van der Waals surface area contributed by atoms with Crippen LogP contribution in [0.1, 0.15) is 33.2 Å². The van der Waals surface area contributed by atoms with Crippen LogP contribution in [0.15, 0.2) is 17.1 Å². The Labute approximate surface area is 97.4 Å². The molecular weight excluding hydrogens is 224 g/mol. The SMILES string of the molecule is CC(N)=Nc1c(C(=O)O)cc(C)cc1C(=O)O. The summed E-state index contributed by atoms with van der Waals surface area (Å²) < 4.78 is 0. The van der Waals surface area contributed by atoms with Crippen LogP contribution in [0.3, 0.4) is 0 Å². The number of aryl methyl sites for hydroxylation is 1. The van der Waals surface area contributed by atoms with Crippen molar-refractivity contribution in [3.05, 3.63) is 28.8 Å². The van der Waals surface area contributed by atoms with Crippen LogP contribution >= 0.6 is 0 Å². The lowest BCUT2D eigenvalue weighted by Gasteiger charge is -2.07. The van der Waals surface area contributed by atoms with Gasteiger partial charge in [-0.2, -0.15) is 0 Å². The van der Waals surface area contributed by atoms with Crippen molar-refractivity contribution in [3.63, 3.8) is 0 Å². The molecule has 4 N–H and O–H groups in total. The van der Waals surface area contributed by atoms with Crippen molar-refractivity contribution >= 4 is 23.5 Å². The fraction of sp³-hybridized carbons (Fsp3) is 0.182. The summed E-state index contributed by atoms with van der Waals surface area (Å²) in [6, 6.07) is 2.72. The van der Waals surface area contributed by atoms with Gasteiger partial charge in [-0.1, -0.05) is 0 Å². The summed E-state index contributed by atoms with van der Waals surface area (Å²) in [5.74, 6) is -2.38. The molecule has 1 rings (SSSR count). The lowest BCUT2D eigenvalue weighted by molar-refractivity contribution is 0.0696. The van der Waals surface area contributed by atoms with Crippen molar-refractivity contribution in [2.24, 2.45) is 10.7 Å². The second kappa shape index (κ2) is 4.65. The number of hydrogen-bond acceptors (Lipinski definition) is 3. The first-order valence-corrected chi connectivity index (χ1v) is 4.75. The molecule has 0 aliphatic heterocycles. The number of benzene rings is 1. The van der Waals surface area contributed by atoms with Gasteiger partial charge in [0.15, 0.2) is 0 Å². The van der Waals surface area contributed by atoms with Crippen LogP contribution in [0.2, 0.25) is 0 Å². The molecule has 0 aromatic heterocycles. The maximum atomic E-state index is 11.0. The summed E-state index contributed by atoms with van der Waals surface area (Å²) in [6.07, 6.45) is 0. The van der Waals surface area contributed by atoms with Crippen LogP contribution in [0.4, 0.5) is 5.69 Å². The first-order chi connectivity index (χ1) is 7.82. The summed E-state index contributed by atoms with van der Waals surface area (Å²) in [6.45, 7) is 3.07. The second-order valence-corrected chi connectivity index (χ2v) is 3.57. The molecule has 6 nitrogen and oxygen atoms in total. The molecule has 0 unspecified atom stereocenters. The van der Waals surface area contributed by atoms with Crippen LogP contribution in [-0.4, -0.2) is 28.0 Å². The van der Waals surface area contributed by atoms with Gasteiger partial charge >= 0.3 is 11.9 Å². The topological polar surface area (TPSA) is 113 Å². The summed E-state index contributed by atoms with van der Waals surface area (Å²) in [7, 11) is 0. The Morgan fingerprint density at radius 1 is 1.18 bits per heavy atom. The van der Waals surface area contributed by atoms with Crippen LogP contribution in [0.25, 0.3) is 0 Å². The predicted molar refractivity (Wildman–Crippen MR) is 62.1 cm³/mol. The highest BCUT2D eigenvalue weighted by molar-refractivity contribution is 6.04. The highest BCUT2D eigenvalue weighted by Crippen LogP contribution is 2.26. The van der Waals surface area contributed by atoms with Crippen molar-refractivity contribution < 1.29 is 19.8 Å². The van der Waals surface area contributed by atoms with Crippen molar-refractivity contribution in [2.75, 3.05) is 0 Å². The molecule has 1 aromatic carbocycles. The first-order valence-electron chi connectivity index (χ1n) is 4.75. The quantitative estimate of drug-likeness (QED) is 0.542. The van der Waals surface area contributed by atoms with E-state index in [1.807, 2.05) is 0 Å². The standard InChI is InChI=1S/C11H12N2O4/c1-5-3-7(10(14)15)9(13-6(2)12)8(4-5)11(16)17/h3-4H,1-2H3,(H2,12,13)(H,14,15)(H,16,17). The minimum Gasteiger partial charge on any atom is -0.478 e. The molecule has 0 heterocycles. The molecule has 0 spiro atoms. The van der Waals surface area contributed by atoms with Gasteiger partial charge in [-0.3, -0.25) is 0 Å². The van der Waals surface area contributed by atoms with Gasteiger partial charge in [-0.15, -0.1) is 0 Å². The van der Waals surface area contributed by atoms with E-state index in [1.165, 1.54) is 19.1 Å². The van der Waals surface area contributed by atoms with Gasteiger partial charge in [0.25, 0.3) is 0 Å².